The summed E-state index contributed by atoms with van der Waals surface area (Å²) >= 11 is 2.37. The van der Waals surface area contributed by atoms with Crippen molar-refractivity contribution < 1.29 is 17.6 Å². The first-order chi connectivity index (χ1) is 6.00. The van der Waals surface area contributed by atoms with Gasteiger partial charge in [-0.05, 0) is 15.9 Å². The molecule has 0 aliphatic rings. The summed E-state index contributed by atoms with van der Waals surface area (Å²) in [5.74, 6) is -5.87. The average Bonchev–Trinajstić information content (AvgIpc) is 2.13. The third-order valence-electron chi connectivity index (χ3n) is 1.50. The molecular weight excluding hydrogens is 254 g/mol. The van der Waals surface area contributed by atoms with E-state index in [9.17, 15) is 17.6 Å². The first kappa shape index (κ1) is 10.5. The van der Waals surface area contributed by atoms with Gasteiger partial charge in [-0.1, -0.05) is 0 Å². The van der Waals surface area contributed by atoms with Crippen LogP contribution in [-0.4, -0.2) is 0 Å². The molecule has 0 fully saturated rings. The van der Waals surface area contributed by atoms with Crippen molar-refractivity contribution >= 4 is 15.9 Å². The van der Waals surface area contributed by atoms with E-state index in [0.29, 0.717) is 0 Å². The van der Waals surface area contributed by atoms with Crippen LogP contribution in [0.5, 0.6) is 0 Å². The number of nitrogens with two attached hydrogens (primary N) is 1. The second-order valence-electron chi connectivity index (χ2n) is 2.25. The van der Waals surface area contributed by atoms with Crippen molar-refractivity contribution in [2.45, 2.75) is 6.54 Å². The number of rotatable bonds is 1. The van der Waals surface area contributed by atoms with E-state index in [-0.39, 0.29) is 0 Å². The molecule has 0 atom stereocenters. The molecule has 1 nitrogen and oxygen atoms in total. The Balaban J connectivity index is 3.56. The maximum Gasteiger partial charge on any atom is 0.176 e. The first-order valence-corrected chi connectivity index (χ1v) is 4.00. The molecule has 6 heteroatoms. The lowest BCUT2D eigenvalue weighted by Crippen LogP contribution is -2.08. The van der Waals surface area contributed by atoms with E-state index < -0.39 is 39.8 Å². The Hall–Kier alpha value is -0.620. The molecule has 0 bridgehead atoms. The van der Waals surface area contributed by atoms with Crippen LogP contribution in [0.15, 0.2) is 4.47 Å². The summed E-state index contributed by atoms with van der Waals surface area (Å²) in [5, 5.41) is 0. The summed E-state index contributed by atoms with van der Waals surface area (Å²) in [5.41, 5.74) is 4.12. The molecule has 0 saturated carbocycles. The molecule has 1 rings (SSSR count). The molecule has 1 aromatic rings. The molecule has 0 aliphatic carbocycles. The van der Waals surface area contributed by atoms with Gasteiger partial charge in [-0.25, -0.2) is 17.6 Å². The lowest BCUT2D eigenvalue weighted by atomic mass is 10.2. The maximum absolute atomic E-state index is 12.8. The second kappa shape index (κ2) is 3.63. The number of benzene rings is 1. The van der Waals surface area contributed by atoms with Gasteiger partial charge >= 0.3 is 0 Å². The molecule has 0 aromatic heterocycles. The Bertz CT molecular complexity index is 324. The lowest BCUT2D eigenvalue weighted by Gasteiger charge is -2.05. The van der Waals surface area contributed by atoms with Crippen molar-refractivity contribution in [2.24, 2.45) is 5.73 Å². The third-order valence-corrected chi connectivity index (χ3v) is 2.20. The Morgan fingerprint density at radius 2 is 1.31 bits per heavy atom. The minimum absolute atomic E-state index is 0.598. The standard InChI is InChI=1S/C7H4BrF4N/c8-3-6(11)4(9)2(1-13)5(10)7(3)12/h1,13H2. The van der Waals surface area contributed by atoms with Crippen LogP contribution in [0.1, 0.15) is 5.56 Å². The van der Waals surface area contributed by atoms with Gasteiger partial charge in [0.05, 0.1) is 4.47 Å². The van der Waals surface area contributed by atoms with E-state index in [1.807, 2.05) is 0 Å². The zero-order valence-electron chi connectivity index (χ0n) is 6.17. The van der Waals surface area contributed by atoms with Gasteiger partial charge in [0, 0.05) is 12.1 Å². The van der Waals surface area contributed by atoms with Crippen LogP contribution in [0, 0.1) is 23.3 Å². The van der Waals surface area contributed by atoms with E-state index in [1.165, 1.54) is 0 Å². The molecule has 0 aliphatic heterocycles. The van der Waals surface area contributed by atoms with E-state index in [2.05, 4.69) is 15.9 Å². The van der Waals surface area contributed by atoms with E-state index in [0.717, 1.165) is 0 Å². The van der Waals surface area contributed by atoms with Crippen molar-refractivity contribution in [1.29, 1.82) is 0 Å². The van der Waals surface area contributed by atoms with Crippen LogP contribution < -0.4 is 5.73 Å². The topological polar surface area (TPSA) is 26.0 Å². The summed E-state index contributed by atoms with van der Waals surface area (Å²) < 4.78 is 50.2. The van der Waals surface area contributed by atoms with Crippen molar-refractivity contribution in [3.63, 3.8) is 0 Å². The summed E-state index contributed by atoms with van der Waals surface area (Å²) in [6.45, 7) is -0.598. The molecule has 0 unspecified atom stereocenters. The molecule has 0 saturated heterocycles. The Labute approximate surface area is 79.7 Å². The smallest absolute Gasteiger partial charge is 0.176 e. The molecule has 1 aromatic carbocycles. The lowest BCUT2D eigenvalue weighted by molar-refractivity contribution is 0.432. The van der Waals surface area contributed by atoms with Crippen LogP contribution in [0.25, 0.3) is 0 Å². The normalized spacial score (nSPS) is 10.6. The van der Waals surface area contributed by atoms with Crippen molar-refractivity contribution in [2.75, 3.05) is 0 Å². The average molecular weight is 258 g/mol. The van der Waals surface area contributed by atoms with Gasteiger partial charge in [-0.15, -0.1) is 0 Å². The summed E-state index contributed by atoms with van der Waals surface area (Å²) in [6.07, 6.45) is 0. The third kappa shape index (κ3) is 1.55. The molecule has 2 N–H and O–H groups in total. The fraction of sp³-hybridized carbons (Fsp3) is 0.143. The van der Waals surface area contributed by atoms with E-state index in [4.69, 9.17) is 5.73 Å². The highest BCUT2D eigenvalue weighted by Crippen LogP contribution is 2.27. The van der Waals surface area contributed by atoms with Crippen LogP contribution in [0.2, 0.25) is 0 Å². The SMILES string of the molecule is NCc1c(F)c(F)c(Br)c(F)c1F. The molecule has 0 amide bonds. The van der Waals surface area contributed by atoms with Gasteiger partial charge in [-0.2, -0.15) is 0 Å². The van der Waals surface area contributed by atoms with Crippen molar-refractivity contribution in [1.82, 2.24) is 0 Å². The number of hydrogen-bond acceptors (Lipinski definition) is 1. The van der Waals surface area contributed by atoms with Crippen LogP contribution in [0.4, 0.5) is 17.6 Å². The summed E-state index contributed by atoms with van der Waals surface area (Å²) in [6, 6.07) is 0. The van der Waals surface area contributed by atoms with Crippen LogP contribution in [0.3, 0.4) is 0 Å². The minimum Gasteiger partial charge on any atom is -0.326 e. The number of hydrogen-bond donors (Lipinski definition) is 1. The largest absolute Gasteiger partial charge is 0.326 e. The fourth-order valence-corrected chi connectivity index (χ4v) is 1.18. The minimum atomic E-state index is -1.47. The molecule has 72 valence electrons. The van der Waals surface area contributed by atoms with Gasteiger partial charge in [-0.3, -0.25) is 0 Å². The maximum atomic E-state index is 12.8. The molecule has 0 heterocycles. The van der Waals surface area contributed by atoms with Gasteiger partial charge in [0.2, 0.25) is 0 Å². The fourth-order valence-electron chi connectivity index (χ4n) is 0.830. The van der Waals surface area contributed by atoms with Gasteiger partial charge in [0.15, 0.2) is 23.3 Å². The van der Waals surface area contributed by atoms with Gasteiger partial charge in [0.25, 0.3) is 0 Å². The quantitative estimate of drug-likeness (QED) is 0.467. The zero-order chi connectivity index (χ0) is 10.2. The highest BCUT2D eigenvalue weighted by atomic mass is 79.9. The highest BCUT2D eigenvalue weighted by molar-refractivity contribution is 9.10. The van der Waals surface area contributed by atoms with Gasteiger partial charge < -0.3 is 5.73 Å². The predicted octanol–water partition coefficient (Wildman–Crippen LogP) is 2.46. The summed E-state index contributed by atoms with van der Waals surface area (Å²) in [7, 11) is 0. The van der Waals surface area contributed by atoms with E-state index in [1.54, 1.807) is 0 Å². The number of halogens is 5. The highest BCUT2D eigenvalue weighted by Gasteiger charge is 2.22. The van der Waals surface area contributed by atoms with Crippen molar-refractivity contribution in [3.05, 3.63) is 33.3 Å². The Morgan fingerprint density at radius 3 is 1.62 bits per heavy atom. The second-order valence-corrected chi connectivity index (χ2v) is 3.05. The first-order valence-electron chi connectivity index (χ1n) is 3.21. The predicted molar refractivity (Wildman–Crippen MR) is 41.9 cm³/mol. The Morgan fingerprint density at radius 1 is 0.923 bits per heavy atom. The van der Waals surface area contributed by atoms with E-state index >= 15 is 0 Å². The zero-order valence-corrected chi connectivity index (χ0v) is 7.76. The Kier molecular flexibility index (Phi) is 2.92. The van der Waals surface area contributed by atoms with Gasteiger partial charge in [0.1, 0.15) is 0 Å². The van der Waals surface area contributed by atoms with Crippen LogP contribution >= 0.6 is 15.9 Å². The monoisotopic (exact) mass is 257 g/mol. The molecule has 13 heavy (non-hydrogen) atoms. The summed E-state index contributed by atoms with van der Waals surface area (Å²) in [4.78, 5) is 0. The molecule has 0 spiro atoms. The van der Waals surface area contributed by atoms with Crippen LogP contribution in [-0.2, 0) is 6.54 Å². The molecular formula is C7H4BrF4N. The molecule has 0 radical (unpaired) electrons. The van der Waals surface area contributed by atoms with Crippen molar-refractivity contribution in [3.8, 4) is 0 Å².